The summed E-state index contributed by atoms with van der Waals surface area (Å²) < 4.78 is 11.2. The molecule has 3 rings (SSSR count). The van der Waals surface area contributed by atoms with Gasteiger partial charge in [0, 0.05) is 25.0 Å². The lowest BCUT2D eigenvalue weighted by atomic mass is 10.2. The molecular weight excluding hydrogens is 370 g/mol. The number of hydrogen-bond acceptors (Lipinski definition) is 8. The molecule has 0 saturated carbocycles. The first-order chi connectivity index (χ1) is 13.1. The van der Waals surface area contributed by atoms with Gasteiger partial charge in [0.25, 0.3) is 0 Å². The maximum absolute atomic E-state index is 8.88. The number of methoxy groups -OCH3 is 1. The number of rotatable bonds is 7. The number of nitrogens with one attached hydrogen (secondary N) is 1. The van der Waals surface area contributed by atoms with Crippen LogP contribution >= 0.6 is 11.6 Å². The zero-order chi connectivity index (χ0) is 19.2. The van der Waals surface area contributed by atoms with Crippen molar-refractivity contribution < 1.29 is 14.6 Å². The summed E-state index contributed by atoms with van der Waals surface area (Å²) in [4.78, 5) is 17.0. The highest BCUT2D eigenvalue weighted by atomic mass is 35.5. The lowest BCUT2D eigenvalue weighted by Gasteiger charge is -2.12. The van der Waals surface area contributed by atoms with Crippen LogP contribution in [-0.2, 0) is 0 Å². The smallest absolute Gasteiger partial charge is 0.227 e. The van der Waals surface area contributed by atoms with Crippen LogP contribution in [0.5, 0.6) is 17.4 Å². The highest BCUT2D eigenvalue weighted by Crippen LogP contribution is 2.31. The summed E-state index contributed by atoms with van der Waals surface area (Å²) in [5.41, 5.74) is 1.98. The summed E-state index contributed by atoms with van der Waals surface area (Å²) in [6.45, 7) is 2.18. The minimum absolute atomic E-state index is 0.0155. The van der Waals surface area contributed by atoms with Crippen LogP contribution in [-0.4, -0.2) is 45.3 Å². The van der Waals surface area contributed by atoms with Crippen LogP contribution in [0.25, 0.3) is 11.3 Å². The van der Waals surface area contributed by atoms with Gasteiger partial charge in [-0.05, 0) is 25.1 Å². The largest absolute Gasteiger partial charge is 0.480 e. The average molecular weight is 388 g/mol. The molecule has 0 amide bonds. The van der Waals surface area contributed by atoms with Gasteiger partial charge in [-0.1, -0.05) is 11.6 Å². The molecule has 0 bridgehead atoms. The number of aryl methyl sites for hydroxylation is 1. The Morgan fingerprint density at radius 2 is 2.04 bits per heavy atom. The van der Waals surface area contributed by atoms with E-state index in [4.69, 9.17) is 26.2 Å². The van der Waals surface area contributed by atoms with Crippen LogP contribution in [0.2, 0.25) is 5.15 Å². The second-order valence-corrected chi connectivity index (χ2v) is 5.85. The Hall–Kier alpha value is -2.97. The Morgan fingerprint density at radius 1 is 1.19 bits per heavy atom. The normalized spacial score (nSPS) is 10.5. The SMILES string of the molecule is COc1nc(NCCO)ncc1-c1ccc(Oc2ccnc(Cl)c2)c(C)n1. The van der Waals surface area contributed by atoms with Crippen LogP contribution in [0.3, 0.4) is 0 Å². The van der Waals surface area contributed by atoms with Gasteiger partial charge >= 0.3 is 0 Å². The Balaban J connectivity index is 1.86. The highest BCUT2D eigenvalue weighted by molar-refractivity contribution is 6.29. The maximum atomic E-state index is 8.88. The maximum Gasteiger partial charge on any atom is 0.227 e. The molecule has 2 N–H and O–H groups in total. The molecular formula is C18H18ClN5O3. The van der Waals surface area contributed by atoms with Crippen molar-refractivity contribution in [3.05, 3.63) is 47.5 Å². The van der Waals surface area contributed by atoms with E-state index in [1.165, 1.54) is 7.11 Å². The molecule has 0 aliphatic rings. The van der Waals surface area contributed by atoms with Crippen molar-refractivity contribution in [1.82, 2.24) is 19.9 Å². The van der Waals surface area contributed by atoms with E-state index in [1.807, 2.05) is 13.0 Å². The fourth-order valence-corrected chi connectivity index (χ4v) is 2.50. The molecule has 0 saturated heterocycles. The lowest BCUT2D eigenvalue weighted by molar-refractivity contribution is 0.310. The molecule has 9 heteroatoms. The predicted octanol–water partition coefficient (Wildman–Crippen LogP) is 3.10. The number of aliphatic hydroxyl groups is 1. The van der Waals surface area contributed by atoms with Gasteiger partial charge in [0.15, 0.2) is 0 Å². The van der Waals surface area contributed by atoms with Gasteiger partial charge in [-0.2, -0.15) is 4.98 Å². The Labute approximate surface area is 161 Å². The third-order valence-electron chi connectivity index (χ3n) is 3.58. The molecule has 0 fully saturated rings. The van der Waals surface area contributed by atoms with Crippen LogP contribution in [0, 0.1) is 6.92 Å². The number of ether oxygens (including phenoxy) is 2. The van der Waals surface area contributed by atoms with E-state index in [0.717, 1.165) is 0 Å². The summed E-state index contributed by atoms with van der Waals surface area (Å²) in [6, 6.07) is 6.95. The number of hydrogen-bond donors (Lipinski definition) is 2. The zero-order valence-electron chi connectivity index (χ0n) is 14.8. The van der Waals surface area contributed by atoms with Crippen molar-refractivity contribution in [3.8, 4) is 28.6 Å². The van der Waals surface area contributed by atoms with Gasteiger partial charge in [0.05, 0.1) is 30.7 Å². The van der Waals surface area contributed by atoms with Gasteiger partial charge in [-0.3, -0.25) is 0 Å². The molecule has 27 heavy (non-hydrogen) atoms. The molecule has 0 spiro atoms. The van der Waals surface area contributed by atoms with E-state index >= 15 is 0 Å². The van der Waals surface area contributed by atoms with Crippen LogP contribution in [0.15, 0.2) is 36.7 Å². The zero-order valence-corrected chi connectivity index (χ0v) is 15.6. The molecule has 0 aromatic carbocycles. The van der Waals surface area contributed by atoms with Crippen molar-refractivity contribution in [3.63, 3.8) is 0 Å². The van der Waals surface area contributed by atoms with E-state index in [1.54, 1.807) is 30.6 Å². The molecule has 0 aliphatic carbocycles. The monoisotopic (exact) mass is 387 g/mol. The first-order valence-corrected chi connectivity index (χ1v) is 8.51. The van der Waals surface area contributed by atoms with E-state index in [0.29, 0.717) is 52.0 Å². The predicted molar refractivity (Wildman–Crippen MR) is 101 cm³/mol. The highest BCUT2D eigenvalue weighted by Gasteiger charge is 2.13. The Bertz CT molecular complexity index is 939. The van der Waals surface area contributed by atoms with Gasteiger partial charge in [-0.15, -0.1) is 0 Å². The summed E-state index contributed by atoms with van der Waals surface area (Å²) in [6.07, 6.45) is 3.19. The van der Waals surface area contributed by atoms with Gasteiger partial charge in [0.2, 0.25) is 11.8 Å². The van der Waals surface area contributed by atoms with Crippen molar-refractivity contribution in [1.29, 1.82) is 0 Å². The van der Waals surface area contributed by atoms with Crippen LogP contribution < -0.4 is 14.8 Å². The number of pyridine rings is 2. The van der Waals surface area contributed by atoms with E-state index in [-0.39, 0.29) is 6.61 Å². The summed E-state index contributed by atoms with van der Waals surface area (Å²) in [5.74, 6) is 1.93. The Kier molecular flexibility index (Phi) is 6.00. The van der Waals surface area contributed by atoms with Gasteiger partial charge in [-0.25, -0.2) is 15.0 Å². The summed E-state index contributed by atoms with van der Waals surface area (Å²) in [7, 11) is 1.53. The van der Waals surface area contributed by atoms with Gasteiger partial charge < -0.3 is 19.9 Å². The van der Waals surface area contributed by atoms with Crippen LogP contribution in [0.4, 0.5) is 5.95 Å². The van der Waals surface area contributed by atoms with E-state index in [9.17, 15) is 0 Å². The number of halogens is 1. The lowest BCUT2D eigenvalue weighted by Crippen LogP contribution is -2.09. The van der Waals surface area contributed by atoms with Crippen molar-refractivity contribution in [2.24, 2.45) is 0 Å². The fraction of sp³-hybridized carbons (Fsp3) is 0.222. The topological polar surface area (TPSA) is 102 Å². The average Bonchev–Trinajstić information content (AvgIpc) is 2.68. The number of anilines is 1. The van der Waals surface area contributed by atoms with Crippen LogP contribution in [0.1, 0.15) is 5.69 Å². The quantitative estimate of drug-likeness (QED) is 0.596. The van der Waals surface area contributed by atoms with Crippen molar-refractivity contribution in [2.45, 2.75) is 6.92 Å². The van der Waals surface area contributed by atoms with E-state index in [2.05, 4.69) is 25.3 Å². The standard InChI is InChI=1S/C18H18ClN5O3/c1-11-15(27-12-5-6-20-16(19)9-12)4-3-14(23-11)13-10-22-18(21-7-8-25)24-17(13)26-2/h3-6,9-10,25H,7-8H2,1-2H3,(H,21,22,24). The number of aliphatic hydroxyl groups excluding tert-OH is 1. The third kappa shape index (κ3) is 4.60. The Morgan fingerprint density at radius 3 is 2.74 bits per heavy atom. The van der Waals surface area contributed by atoms with E-state index < -0.39 is 0 Å². The molecule has 0 unspecified atom stereocenters. The molecule has 3 aromatic rings. The second kappa shape index (κ2) is 8.61. The number of nitrogens with zero attached hydrogens (tertiary/aromatic N) is 4. The molecule has 140 valence electrons. The molecule has 3 heterocycles. The minimum atomic E-state index is -0.0155. The molecule has 0 radical (unpaired) electrons. The van der Waals surface area contributed by atoms with Gasteiger partial charge in [0.1, 0.15) is 16.7 Å². The fourth-order valence-electron chi connectivity index (χ4n) is 2.33. The van der Waals surface area contributed by atoms with Crippen molar-refractivity contribution >= 4 is 17.5 Å². The summed E-state index contributed by atoms with van der Waals surface area (Å²) in [5, 5.41) is 12.1. The first-order valence-electron chi connectivity index (χ1n) is 8.14. The molecule has 0 atom stereocenters. The minimum Gasteiger partial charge on any atom is -0.480 e. The second-order valence-electron chi connectivity index (χ2n) is 5.46. The first kappa shape index (κ1) is 18.8. The number of aromatic nitrogens is 4. The molecule has 0 aliphatic heterocycles. The summed E-state index contributed by atoms with van der Waals surface area (Å²) >= 11 is 5.88. The molecule has 8 nitrogen and oxygen atoms in total. The van der Waals surface area contributed by atoms with Crippen molar-refractivity contribution in [2.75, 3.05) is 25.6 Å². The molecule has 3 aromatic heterocycles. The third-order valence-corrected chi connectivity index (χ3v) is 3.79.